The van der Waals surface area contributed by atoms with Crippen molar-refractivity contribution in [3.8, 4) is 11.4 Å². The maximum Gasteiger partial charge on any atom is 0.255 e. The zero-order chi connectivity index (χ0) is 26.1. The highest BCUT2D eigenvalue weighted by Crippen LogP contribution is 2.39. The second-order valence-corrected chi connectivity index (χ2v) is 8.26. The number of nitrogens with zero attached hydrogens (tertiary/aromatic N) is 4. The van der Waals surface area contributed by atoms with Gasteiger partial charge < -0.3 is 15.2 Å². The quantitative estimate of drug-likeness (QED) is 0.415. The van der Waals surface area contributed by atoms with E-state index >= 15 is 8.78 Å². The summed E-state index contributed by atoms with van der Waals surface area (Å²) in [5.41, 5.74) is 1.07. The van der Waals surface area contributed by atoms with Crippen molar-refractivity contribution in [1.29, 1.82) is 0 Å². The van der Waals surface area contributed by atoms with Crippen LogP contribution < -0.4 is 15.1 Å². The topological polar surface area (TPSA) is 82.9 Å². The Balaban J connectivity index is 1.55. The van der Waals surface area contributed by atoms with E-state index in [1.807, 2.05) is 0 Å². The van der Waals surface area contributed by atoms with Crippen LogP contribution in [0.15, 0.2) is 90.9 Å². The smallest absolute Gasteiger partial charge is 0.255 e. The lowest BCUT2D eigenvalue weighted by Crippen LogP contribution is -2.42. The third kappa shape index (κ3) is 4.38. The zero-order valence-corrected chi connectivity index (χ0v) is 20.0. The number of para-hydroxylation sites is 1. The molecule has 5 rings (SSSR count). The van der Waals surface area contributed by atoms with Gasteiger partial charge in [0.15, 0.2) is 6.23 Å². The van der Waals surface area contributed by atoms with E-state index in [9.17, 15) is 9.90 Å². The van der Waals surface area contributed by atoms with Crippen molar-refractivity contribution >= 4 is 17.3 Å². The Hall–Kier alpha value is -4.70. The number of halogens is 2. The second kappa shape index (κ2) is 9.75. The number of anilines is 1. The molecule has 1 aromatic heterocycles. The van der Waals surface area contributed by atoms with Crippen LogP contribution >= 0.6 is 0 Å². The van der Waals surface area contributed by atoms with Gasteiger partial charge in [0, 0.05) is 37.1 Å². The van der Waals surface area contributed by atoms with Crippen molar-refractivity contribution < 1.29 is 23.4 Å². The molecule has 0 radical (unpaired) electrons. The first-order valence-electron chi connectivity index (χ1n) is 11.3. The summed E-state index contributed by atoms with van der Waals surface area (Å²) in [6.07, 6.45) is 1.98. The van der Waals surface area contributed by atoms with E-state index in [4.69, 9.17) is 4.74 Å². The van der Waals surface area contributed by atoms with Crippen LogP contribution in [0, 0.1) is 11.6 Å². The molecule has 2 heterocycles. The van der Waals surface area contributed by atoms with Gasteiger partial charge in [-0.2, -0.15) is 5.10 Å². The molecule has 1 aliphatic rings. The van der Waals surface area contributed by atoms with E-state index < -0.39 is 29.3 Å². The number of aromatic nitrogens is 2. The number of methoxy groups -OCH3 is 1. The number of benzene rings is 3. The predicted molar refractivity (Wildman–Crippen MR) is 134 cm³/mol. The van der Waals surface area contributed by atoms with E-state index in [1.54, 1.807) is 84.8 Å². The molecule has 0 fully saturated rings. The molecule has 0 saturated heterocycles. The molecule has 188 valence electrons. The Kier molecular flexibility index (Phi) is 6.33. The van der Waals surface area contributed by atoms with E-state index in [1.165, 1.54) is 17.1 Å². The Morgan fingerprint density at radius 1 is 1.00 bits per heavy atom. The largest absolute Gasteiger partial charge is 0.497 e. The first-order valence-corrected chi connectivity index (χ1v) is 11.3. The van der Waals surface area contributed by atoms with Gasteiger partial charge in [0.1, 0.15) is 17.4 Å². The minimum Gasteiger partial charge on any atom is -0.497 e. The van der Waals surface area contributed by atoms with Gasteiger partial charge >= 0.3 is 0 Å². The molecular weight excluding hydrogens is 480 g/mol. The highest BCUT2D eigenvalue weighted by Gasteiger charge is 2.40. The fourth-order valence-electron chi connectivity index (χ4n) is 4.28. The molecule has 4 aromatic rings. The van der Waals surface area contributed by atoms with Gasteiger partial charge in [-0.15, -0.1) is 0 Å². The van der Waals surface area contributed by atoms with Crippen molar-refractivity contribution in [1.82, 2.24) is 20.1 Å². The lowest BCUT2D eigenvalue weighted by atomic mass is 10.1. The van der Waals surface area contributed by atoms with E-state index in [0.717, 1.165) is 17.8 Å². The van der Waals surface area contributed by atoms with Crippen molar-refractivity contribution in [2.45, 2.75) is 6.23 Å². The van der Waals surface area contributed by atoms with Crippen molar-refractivity contribution in [3.05, 3.63) is 114 Å². The maximum atomic E-state index is 15.2. The average molecular weight is 504 g/mol. The van der Waals surface area contributed by atoms with Crippen LogP contribution in [-0.2, 0) is 0 Å². The molecule has 0 spiro atoms. The van der Waals surface area contributed by atoms with Crippen LogP contribution in [0.25, 0.3) is 11.4 Å². The summed E-state index contributed by atoms with van der Waals surface area (Å²) < 4.78 is 37.0. The predicted octanol–water partition coefficient (Wildman–Crippen LogP) is 3.94. The molecule has 8 nitrogen and oxygen atoms in total. The molecule has 0 bridgehead atoms. The Bertz CT molecular complexity index is 1430. The van der Waals surface area contributed by atoms with Gasteiger partial charge in [-0.05, 0) is 42.5 Å². The van der Waals surface area contributed by atoms with Crippen molar-refractivity contribution in [2.24, 2.45) is 0 Å². The van der Waals surface area contributed by atoms with Crippen LogP contribution in [0.3, 0.4) is 0 Å². The fourth-order valence-corrected chi connectivity index (χ4v) is 4.28. The summed E-state index contributed by atoms with van der Waals surface area (Å²) in [4.78, 5) is 13.2. The summed E-state index contributed by atoms with van der Waals surface area (Å²) in [5, 5.41) is 21.0. The van der Waals surface area contributed by atoms with Gasteiger partial charge in [-0.3, -0.25) is 14.8 Å². The first kappa shape index (κ1) is 24.0. The lowest BCUT2D eigenvalue weighted by molar-refractivity contribution is 0.0946. The summed E-state index contributed by atoms with van der Waals surface area (Å²) in [7, 11) is 2.85. The molecule has 10 heteroatoms. The molecule has 1 amide bonds. The number of nitrogens with one attached hydrogen (secondary N) is 1. The number of aliphatic hydroxyl groups is 1. The molecule has 0 aliphatic carbocycles. The zero-order valence-electron chi connectivity index (χ0n) is 20.0. The van der Waals surface area contributed by atoms with Gasteiger partial charge in [0.05, 0.1) is 35.4 Å². The second-order valence-electron chi connectivity index (χ2n) is 8.26. The molecule has 37 heavy (non-hydrogen) atoms. The number of hydrogen-bond acceptors (Lipinski definition) is 6. The van der Waals surface area contributed by atoms with Crippen LogP contribution in [0.1, 0.15) is 15.9 Å². The molecule has 2 N–H and O–H groups in total. The van der Waals surface area contributed by atoms with E-state index in [0.29, 0.717) is 5.69 Å². The minimum absolute atomic E-state index is 0.00308. The van der Waals surface area contributed by atoms with Gasteiger partial charge in [0.2, 0.25) is 0 Å². The SMILES string of the molecule is COc1cc(F)c(C2=C(NC(=O)c3ccc(-n4cccn4)cc3)C(O)N(c3ccccc3)N2C)c(F)c1. The summed E-state index contributed by atoms with van der Waals surface area (Å²) >= 11 is 0. The number of ether oxygens (including phenoxy) is 1. The highest BCUT2D eigenvalue weighted by atomic mass is 19.1. The monoisotopic (exact) mass is 503 g/mol. The van der Waals surface area contributed by atoms with Gasteiger partial charge in [0.25, 0.3) is 5.91 Å². The minimum atomic E-state index is -1.43. The number of amides is 1. The summed E-state index contributed by atoms with van der Waals surface area (Å²) in [5.74, 6) is -2.37. The summed E-state index contributed by atoms with van der Waals surface area (Å²) in [6, 6.07) is 19.3. The maximum absolute atomic E-state index is 15.2. The van der Waals surface area contributed by atoms with Gasteiger partial charge in [-0.1, -0.05) is 18.2 Å². The van der Waals surface area contributed by atoms with Crippen LogP contribution in [0.2, 0.25) is 0 Å². The van der Waals surface area contributed by atoms with Crippen molar-refractivity contribution in [3.63, 3.8) is 0 Å². The molecule has 0 saturated carbocycles. The third-order valence-corrected chi connectivity index (χ3v) is 6.05. The average Bonchev–Trinajstić information content (AvgIpc) is 3.52. The van der Waals surface area contributed by atoms with E-state index in [-0.39, 0.29) is 22.7 Å². The number of carbonyl (C=O) groups is 1. The van der Waals surface area contributed by atoms with Gasteiger partial charge in [-0.25, -0.2) is 13.5 Å². The molecular formula is C27H23F2N5O3. The van der Waals surface area contributed by atoms with Crippen LogP contribution in [-0.4, -0.2) is 46.2 Å². The number of aliphatic hydroxyl groups excluding tert-OH is 1. The molecule has 1 atom stereocenters. The van der Waals surface area contributed by atoms with E-state index in [2.05, 4.69) is 10.4 Å². The number of carbonyl (C=O) groups excluding carboxylic acids is 1. The number of hydrazine groups is 1. The van der Waals surface area contributed by atoms with Crippen LogP contribution in [0.5, 0.6) is 5.75 Å². The standard InChI is InChI=1S/C27H23F2N5O3/c1-32-25(23-21(28)15-20(37-2)16-22(23)29)24(27(36)34(32)19-7-4-3-5-8-19)31-26(35)17-9-11-18(12-10-17)33-14-6-13-30-33/h3-16,27,36H,1-2H3,(H,31,35). The first-order chi connectivity index (χ1) is 17.9. The van der Waals surface area contributed by atoms with Crippen LogP contribution in [0.4, 0.5) is 14.5 Å². The Labute approximate surface area is 211 Å². The number of rotatable bonds is 6. The number of hydrogen-bond donors (Lipinski definition) is 2. The fraction of sp³-hybridized carbons (Fsp3) is 0.111. The highest BCUT2D eigenvalue weighted by molar-refractivity contribution is 5.97. The Morgan fingerprint density at radius 3 is 2.27 bits per heavy atom. The molecule has 3 aromatic carbocycles. The Morgan fingerprint density at radius 2 is 1.68 bits per heavy atom. The lowest BCUT2D eigenvalue weighted by Gasteiger charge is -2.32. The molecule has 1 unspecified atom stereocenters. The van der Waals surface area contributed by atoms with Crippen molar-refractivity contribution in [2.75, 3.05) is 19.2 Å². The third-order valence-electron chi connectivity index (χ3n) is 6.05. The normalized spacial score (nSPS) is 15.3. The molecule has 1 aliphatic heterocycles. The summed E-state index contributed by atoms with van der Waals surface area (Å²) in [6.45, 7) is 0.